The minimum absolute atomic E-state index is 0.0214. The average molecular weight is 605 g/mol. The number of halogens is 2. The Morgan fingerprint density at radius 1 is 0.900 bits per heavy atom. The Bertz CT molecular complexity index is 1420. The SMILES string of the molecule is CC[C@H](C)NC(=O)[C@H](CC)N(Cc1ccccc1)C(=O)CN(c1ccc(Cl)c(Cl)c1)S(=O)(=O)c1ccc(C)cc1. The van der Waals surface area contributed by atoms with Crippen LogP contribution in [0.1, 0.15) is 44.7 Å². The third-order valence-corrected chi connectivity index (χ3v) is 9.19. The van der Waals surface area contributed by atoms with Crippen molar-refractivity contribution in [3.05, 3.63) is 94.0 Å². The lowest BCUT2D eigenvalue weighted by molar-refractivity contribution is -0.140. The van der Waals surface area contributed by atoms with Gasteiger partial charge in [-0.2, -0.15) is 0 Å². The lowest BCUT2D eigenvalue weighted by Crippen LogP contribution is -2.53. The summed E-state index contributed by atoms with van der Waals surface area (Å²) in [5, 5.41) is 3.37. The van der Waals surface area contributed by atoms with Crippen LogP contribution in [0.5, 0.6) is 0 Å². The molecular weight excluding hydrogens is 569 g/mol. The van der Waals surface area contributed by atoms with Gasteiger partial charge in [0.05, 0.1) is 20.6 Å². The molecule has 0 radical (unpaired) electrons. The molecule has 3 aromatic rings. The molecule has 0 bridgehead atoms. The van der Waals surface area contributed by atoms with Crippen molar-refractivity contribution < 1.29 is 18.0 Å². The number of hydrogen-bond acceptors (Lipinski definition) is 4. The van der Waals surface area contributed by atoms with Gasteiger partial charge in [-0.3, -0.25) is 13.9 Å². The first-order chi connectivity index (χ1) is 19.0. The second kappa shape index (κ2) is 14.0. The van der Waals surface area contributed by atoms with E-state index in [0.29, 0.717) is 6.42 Å². The van der Waals surface area contributed by atoms with Crippen LogP contribution in [0, 0.1) is 6.92 Å². The van der Waals surface area contributed by atoms with Crippen LogP contribution in [-0.2, 0) is 26.2 Å². The number of hydrogen-bond donors (Lipinski definition) is 1. The fourth-order valence-corrected chi connectivity index (χ4v) is 5.85. The Balaban J connectivity index is 2.07. The van der Waals surface area contributed by atoms with Crippen LogP contribution in [0.25, 0.3) is 0 Å². The molecule has 7 nitrogen and oxygen atoms in total. The van der Waals surface area contributed by atoms with Gasteiger partial charge in [-0.05, 0) is 62.6 Å². The van der Waals surface area contributed by atoms with Crippen LogP contribution in [0.3, 0.4) is 0 Å². The summed E-state index contributed by atoms with van der Waals surface area (Å²) in [5.74, 6) is -0.819. The van der Waals surface area contributed by atoms with Gasteiger partial charge in [0.25, 0.3) is 10.0 Å². The molecule has 10 heteroatoms. The van der Waals surface area contributed by atoms with Gasteiger partial charge >= 0.3 is 0 Å². The van der Waals surface area contributed by atoms with Crippen LogP contribution in [0.4, 0.5) is 5.69 Å². The first-order valence-corrected chi connectivity index (χ1v) is 15.4. The van der Waals surface area contributed by atoms with E-state index in [0.717, 1.165) is 21.9 Å². The smallest absolute Gasteiger partial charge is 0.264 e. The summed E-state index contributed by atoms with van der Waals surface area (Å²) in [6.45, 7) is 7.12. The van der Waals surface area contributed by atoms with E-state index in [-0.39, 0.29) is 39.1 Å². The van der Waals surface area contributed by atoms with Crippen molar-refractivity contribution in [3.8, 4) is 0 Å². The highest BCUT2D eigenvalue weighted by molar-refractivity contribution is 7.92. The number of aryl methyl sites for hydroxylation is 1. The van der Waals surface area contributed by atoms with E-state index in [9.17, 15) is 18.0 Å². The predicted octanol–water partition coefficient (Wildman–Crippen LogP) is 6.22. The van der Waals surface area contributed by atoms with Crippen molar-refractivity contribution in [2.24, 2.45) is 0 Å². The maximum absolute atomic E-state index is 14.1. The third kappa shape index (κ3) is 7.77. The standard InChI is InChI=1S/C30H35Cl2N3O4S/c1-5-22(4)33-30(37)28(6-2)34(19-23-10-8-7-9-11-23)29(36)20-35(24-14-17-26(31)27(32)18-24)40(38,39)25-15-12-21(3)13-16-25/h7-18,22,28H,5-6,19-20H2,1-4H3,(H,33,37)/t22-,28-/m0/s1. The molecule has 0 fully saturated rings. The van der Waals surface area contributed by atoms with E-state index in [1.807, 2.05) is 58.0 Å². The lowest BCUT2D eigenvalue weighted by Gasteiger charge is -2.33. The minimum atomic E-state index is -4.19. The van der Waals surface area contributed by atoms with Gasteiger partial charge in [0.2, 0.25) is 11.8 Å². The third-order valence-electron chi connectivity index (χ3n) is 6.66. The van der Waals surface area contributed by atoms with Crippen molar-refractivity contribution in [3.63, 3.8) is 0 Å². The molecule has 0 unspecified atom stereocenters. The molecule has 0 heterocycles. The molecule has 2 amide bonds. The molecular formula is C30H35Cl2N3O4S. The molecule has 3 aromatic carbocycles. The highest BCUT2D eigenvalue weighted by Gasteiger charge is 2.34. The Hall–Kier alpha value is -3.07. The molecule has 2 atom stereocenters. The van der Waals surface area contributed by atoms with Gasteiger partial charge < -0.3 is 10.2 Å². The van der Waals surface area contributed by atoms with E-state index in [4.69, 9.17) is 23.2 Å². The number of amides is 2. The monoisotopic (exact) mass is 603 g/mol. The Morgan fingerprint density at radius 3 is 2.12 bits per heavy atom. The molecule has 0 saturated carbocycles. The van der Waals surface area contributed by atoms with Gasteiger partial charge in [0, 0.05) is 12.6 Å². The average Bonchev–Trinajstić information content (AvgIpc) is 2.93. The van der Waals surface area contributed by atoms with Crippen molar-refractivity contribution in [1.82, 2.24) is 10.2 Å². The first-order valence-electron chi connectivity index (χ1n) is 13.2. The molecule has 0 aliphatic carbocycles. The Kier molecular flexibility index (Phi) is 11.0. The highest BCUT2D eigenvalue weighted by Crippen LogP contribution is 2.31. The van der Waals surface area contributed by atoms with Crippen LogP contribution < -0.4 is 9.62 Å². The zero-order valence-corrected chi connectivity index (χ0v) is 25.4. The molecule has 0 spiro atoms. The number of sulfonamides is 1. The summed E-state index contributed by atoms with van der Waals surface area (Å²) < 4.78 is 28.8. The minimum Gasteiger partial charge on any atom is -0.352 e. The van der Waals surface area contributed by atoms with E-state index < -0.39 is 28.5 Å². The van der Waals surface area contributed by atoms with E-state index in [2.05, 4.69) is 5.32 Å². The molecule has 0 aliphatic rings. The normalized spacial score (nSPS) is 12.8. The van der Waals surface area contributed by atoms with E-state index in [1.165, 1.54) is 35.2 Å². The maximum Gasteiger partial charge on any atom is 0.264 e. The Morgan fingerprint density at radius 2 is 1.55 bits per heavy atom. The van der Waals surface area contributed by atoms with Crippen molar-refractivity contribution in [2.75, 3.05) is 10.8 Å². The molecule has 214 valence electrons. The zero-order valence-electron chi connectivity index (χ0n) is 23.1. The van der Waals surface area contributed by atoms with Gasteiger partial charge in [0.15, 0.2) is 0 Å². The number of nitrogens with zero attached hydrogens (tertiary/aromatic N) is 2. The number of benzene rings is 3. The number of rotatable bonds is 12. The quantitative estimate of drug-likeness (QED) is 0.266. The van der Waals surface area contributed by atoms with Crippen molar-refractivity contribution in [2.45, 2.75) is 64.1 Å². The predicted molar refractivity (Wildman–Crippen MR) is 161 cm³/mol. The second-order valence-electron chi connectivity index (χ2n) is 9.67. The van der Waals surface area contributed by atoms with Gasteiger partial charge in [-0.15, -0.1) is 0 Å². The van der Waals surface area contributed by atoms with Gasteiger partial charge in [-0.25, -0.2) is 8.42 Å². The molecule has 0 aliphatic heterocycles. The van der Waals surface area contributed by atoms with Gasteiger partial charge in [-0.1, -0.05) is 85.1 Å². The summed E-state index contributed by atoms with van der Waals surface area (Å²) >= 11 is 12.4. The summed E-state index contributed by atoms with van der Waals surface area (Å²) in [4.78, 5) is 28.8. The van der Waals surface area contributed by atoms with Crippen molar-refractivity contribution in [1.29, 1.82) is 0 Å². The molecule has 1 N–H and O–H groups in total. The van der Waals surface area contributed by atoms with Crippen LogP contribution in [0.2, 0.25) is 10.0 Å². The Labute approximate surface area is 247 Å². The summed E-state index contributed by atoms with van der Waals surface area (Å²) in [7, 11) is -4.19. The first kappa shape index (κ1) is 31.5. The molecule has 3 rings (SSSR count). The van der Waals surface area contributed by atoms with E-state index >= 15 is 0 Å². The van der Waals surface area contributed by atoms with Gasteiger partial charge in [0.1, 0.15) is 12.6 Å². The van der Waals surface area contributed by atoms with Crippen LogP contribution in [0.15, 0.2) is 77.7 Å². The zero-order chi connectivity index (χ0) is 29.4. The molecule has 0 aromatic heterocycles. The lowest BCUT2D eigenvalue weighted by atomic mass is 10.1. The van der Waals surface area contributed by atoms with Crippen LogP contribution >= 0.6 is 23.2 Å². The second-order valence-corrected chi connectivity index (χ2v) is 12.3. The fourth-order valence-electron chi connectivity index (χ4n) is 4.15. The van der Waals surface area contributed by atoms with Crippen LogP contribution in [-0.4, -0.2) is 43.8 Å². The number of carbonyl (C=O) groups excluding carboxylic acids is 2. The van der Waals surface area contributed by atoms with Crippen molar-refractivity contribution >= 4 is 50.7 Å². The highest BCUT2D eigenvalue weighted by atomic mass is 35.5. The number of nitrogens with one attached hydrogen (secondary N) is 1. The molecule has 0 saturated heterocycles. The summed E-state index contributed by atoms with van der Waals surface area (Å²) in [6.07, 6.45) is 1.08. The number of carbonyl (C=O) groups is 2. The fraction of sp³-hybridized carbons (Fsp3) is 0.333. The van der Waals surface area contributed by atoms with E-state index in [1.54, 1.807) is 12.1 Å². The summed E-state index contributed by atoms with van der Waals surface area (Å²) in [6, 6.07) is 19.2. The number of anilines is 1. The summed E-state index contributed by atoms with van der Waals surface area (Å²) in [5.41, 5.74) is 1.89. The molecule has 40 heavy (non-hydrogen) atoms. The largest absolute Gasteiger partial charge is 0.352 e. The maximum atomic E-state index is 14.1. The topological polar surface area (TPSA) is 86.8 Å².